The van der Waals surface area contributed by atoms with Crippen molar-refractivity contribution in [2.45, 2.75) is 5.66 Å². The zero-order chi connectivity index (χ0) is 12.5. The van der Waals surface area contributed by atoms with Crippen molar-refractivity contribution in [3.05, 3.63) is 35.9 Å². The largest absolute Gasteiger partial charge is 0.305 e. The summed E-state index contributed by atoms with van der Waals surface area (Å²) in [6, 6.07) is 9.27. The number of likely N-dealkylation sites (N-methyl/N-ethyl adjacent to an activating group) is 2. The molecule has 1 heterocycles. The predicted octanol–water partition coefficient (Wildman–Crippen LogP) is 0.402. The van der Waals surface area contributed by atoms with E-state index < -0.39 is 5.66 Å². The first kappa shape index (κ1) is 12.2. The summed E-state index contributed by atoms with van der Waals surface area (Å²) >= 11 is 0. The summed E-state index contributed by atoms with van der Waals surface area (Å²) in [6.45, 7) is 2.32. The van der Waals surface area contributed by atoms with E-state index in [1.54, 1.807) is 0 Å². The van der Waals surface area contributed by atoms with Gasteiger partial charge in [-0.2, -0.15) is 0 Å². The van der Waals surface area contributed by atoms with Crippen LogP contribution in [0, 0.1) is 0 Å². The van der Waals surface area contributed by atoms with Crippen molar-refractivity contribution in [1.82, 2.24) is 9.80 Å². The quantitative estimate of drug-likeness (QED) is 0.751. The average Bonchev–Trinajstić information content (AvgIpc) is 2.34. The lowest BCUT2D eigenvalue weighted by atomic mass is 9.95. The molecule has 0 bridgehead atoms. The fourth-order valence-corrected chi connectivity index (χ4v) is 2.22. The summed E-state index contributed by atoms with van der Waals surface area (Å²) < 4.78 is 0. The van der Waals surface area contributed by atoms with E-state index in [-0.39, 0.29) is 5.78 Å². The number of rotatable bonds is 2. The third-order valence-corrected chi connectivity index (χ3v) is 3.44. The molecule has 2 rings (SSSR count). The Bertz CT molecular complexity index is 406. The molecule has 0 saturated carbocycles. The number of benzene rings is 1. The molecule has 1 saturated heterocycles. The van der Waals surface area contributed by atoms with Crippen LogP contribution in [0.15, 0.2) is 30.3 Å². The van der Waals surface area contributed by atoms with Crippen molar-refractivity contribution >= 4 is 5.78 Å². The molecule has 0 amide bonds. The third kappa shape index (κ3) is 2.24. The number of Topliss-reactive ketones (excluding diaryl/α,β-unsaturated/α-hetero) is 1. The van der Waals surface area contributed by atoms with Crippen molar-refractivity contribution in [3.8, 4) is 0 Å². The molecule has 1 aliphatic heterocycles. The minimum atomic E-state index is -0.908. The highest BCUT2D eigenvalue weighted by molar-refractivity contribution is 6.03. The molecule has 0 aromatic heterocycles. The van der Waals surface area contributed by atoms with Crippen LogP contribution in [0.2, 0.25) is 0 Å². The zero-order valence-electron chi connectivity index (χ0n) is 10.4. The van der Waals surface area contributed by atoms with Gasteiger partial charge in [-0.05, 0) is 14.1 Å². The number of hydrogen-bond donors (Lipinski definition) is 1. The molecule has 4 heteroatoms. The van der Waals surface area contributed by atoms with E-state index in [0.29, 0.717) is 12.1 Å². The molecule has 0 aliphatic carbocycles. The number of hydrogen-bond acceptors (Lipinski definition) is 4. The lowest BCUT2D eigenvalue weighted by molar-refractivity contribution is 0.0282. The highest BCUT2D eigenvalue weighted by Gasteiger charge is 2.42. The van der Waals surface area contributed by atoms with Gasteiger partial charge in [-0.15, -0.1) is 0 Å². The number of piperazine rings is 1. The molecule has 0 spiro atoms. The van der Waals surface area contributed by atoms with Crippen LogP contribution in [0.4, 0.5) is 0 Å². The molecule has 1 aromatic rings. The molecule has 1 unspecified atom stereocenters. The topological polar surface area (TPSA) is 49.6 Å². The van der Waals surface area contributed by atoms with Crippen molar-refractivity contribution in [2.24, 2.45) is 5.73 Å². The second-order valence-corrected chi connectivity index (χ2v) is 4.78. The molecule has 4 nitrogen and oxygen atoms in total. The number of nitrogens with two attached hydrogens (primary N) is 1. The maximum atomic E-state index is 12.5. The first-order chi connectivity index (χ1) is 8.04. The molecule has 1 aliphatic rings. The second kappa shape index (κ2) is 4.56. The lowest BCUT2D eigenvalue weighted by Crippen LogP contribution is -2.69. The standard InChI is InChI=1S/C13H19N3O/c1-15-8-9-16(2)13(14,10-15)12(17)11-6-4-3-5-7-11/h3-7H,8-10,14H2,1-2H3. The molecule has 1 fully saturated rings. The van der Waals surface area contributed by atoms with E-state index in [1.165, 1.54) is 0 Å². The Morgan fingerprint density at radius 2 is 1.88 bits per heavy atom. The fraction of sp³-hybridized carbons (Fsp3) is 0.462. The van der Waals surface area contributed by atoms with Crippen LogP contribution in [-0.2, 0) is 0 Å². The van der Waals surface area contributed by atoms with Gasteiger partial charge in [0.1, 0.15) is 5.66 Å². The summed E-state index contributed by atoms with van der Waals surface area (Å²) in [5.41, 5.74) is 6.07. The van der Waals surface area contributed by atoms with Gasteiger partial charge in [0.25, 0.3) is 0 Å². The summed E-state index contributed by atoms with van der Waals surface area (Å²) in [5.74, 6) is -0.00727. The molecular weight excluding hydrogens is 214 g/mol. The highest BCUT2D eigenvalue weighted by Crippen LogP contribution is 2.19. The van der Waals surface area contributed by atoms with E-state index in [2.05, 4.69) is 4.90 Å². The maximum absolute atomic E-state index is 12.5. The Kier molecular flexibility index (Phi) is 3.28. The van der Waals surface area contributed by atoms with E-state index >= 15 is 0 Å². The number of carbonyl (C=O) groups is 1. The monoisotopic (exact) mass is 233 g/mol. The van der Waals surface area contributed by atoms with Gasteiger partial charge < -0.3 is 10.6 Å². The Balaban J connectivity index is 2.28. The Hall–Kier alpha value is -1.23. The molecule has 0 radical (unpaired) electrons. The van der Waals surface area contributed by atoms with Crippen molar-refractivity contribution in [2.75, 3.05) is 33.7 Å². The van der Waals surface area contributed by atoms with Crippen molar-refractivity contribution < 1.29 is 4.79 Å². The molecule has 92 valence electrons. The van der Waals surface area contributed by atoms with Gasteiger partial charge in [-0.25, -0.2) is 0 Å². The van der Waals surface area contributed by atoms with E-state index in [4.69, 9.17) is 5.73 Å². The zero-order valence-corrected chi connectivity index (χ0v) is 10.4. The Morgan fingerprint density at radius 3 is 2.53 bits per heavy atom. The van der Waals surface area contributed by atoms with Crippen LogP contribution >= 0.6 is 0 Å². The van der Waals surface area contributed by atoms with Crippen LogP contribution in [0.5, 0.6) is 0 Å². The van der Waals surface area contributed by atoms with Gasteiger partial charge in [0, 0.05) is 25.2 Å². The lowest BCUT2D eigenvalue weighted by Gasteiger charge is -2.44. The smallest absolute Gasteiger partial charge is 0.198 e. The van der Waals surface area contributed by atoms with Gasteiger partial charge in [0.2, 0.25) is 0 Å². The van der Waals surface area contributed by atoms with E-state index in [9.17, 15) is 4.79 Å². The van der Waals surface area contributed by atoms with Gasteiger partial charge in [-0.1, -0.05) is 30.3 Å². The SMILES string of the molecule is CN1CCN(C)C(N)(C(=O)c2ccccc2)C1. The minimum Gasteiger partial charge on any atom is -0.305 e. The van der Waals surface area contributed by atoms with Gasteiger partial charge in [0.15, 0.2) is 5.78 Å². The first-order valence-corrected chi connectivity index (χ1v) is 5.82. The average molecular weight is 233 g/mol. The molecular formula is C13H19N3O. The second-order valence-electron chi connectivity index (χ2n) is 4.78. The Morgan fingerprint density at radius 1 is 1.24 bits per heavy atom. The normalized spacial score (nSPS) is 27.0. The molecule has 1 aromatic carbocycles. The summed E-state index contributed by atoms with van der Waals surface area (Å²) in [7, 11) is 3.90. The number of carbonyl (C=O) groups excluding carboxylic acids is 1. The van der Waals surface area contributed by atoms with E-state index in [1.807, 2.05) is 49.3 Å². The summed E-state index contributed by atoms with van der Waals surface area (Å²) in [6.07, 6.45) is 0. The van der Waals surface area contributed by atoms with Crippen LogP contribution < -0.4 is 5.73 Å². The van der Waals surface area contributed by atoms with Gasteiger partial charge in [0.05, 0.1) is 0 Å². The highest BCUT2D eigenvalue weighted by atomic mass is 16.1. The first-order valence-electron chi connectivity index (χ1n) is 5.82. The van der Waals surface area contributed by atoms with Crippen molar-refractivity contribution in [3.63, 3.8) is 0 Å². The van der Waals surface area contributed by atoms with Crippen LogP contribution in [0.3, 0.4) is 0 Å². The molecule has 17 heavy (non-hydrogen) atoms. The number of nitrogens with zero attached hydrogens (tertiary/aromatic N) is 2. The maximum Gasteiger partial charge on any atom is 0.198 e. The van der Waals surface area contributed by atoms with Crippen LogP contribution in [0.1, 0.15) is 10.4 Å². The number of ketones is 1. The van der Waals surface area contributed by atoms with Crippen molar-refractivity contribution in [1.29, 1.82) is 0 Å². The van der Waals surface area contributed by atoms with Gasteiger partial charge >= 0.3 is 0 Å². The third-order valence-electron chi connectivity index (χ3n) is 3.44. The van der Waals surface area contributed by atoms with Crippen LogP contribution in [0.25, 0.3) is 0 Å². The fourth-order valence-electron chi connectivity index (χ4n) is 2.22. The van der Waals surface area contributed by atoms with Crippen LogP contribution in [-0.4, -0.2) is 55.0 Å². The minimum absolute atomic E-state index is 0.00727. The summed E-state index contributed by atoms with van der Waals surface area (Å²) in [4.78, 5) is 16.5. The summed E-state index contributed by atoms with van der Waals surface area (Å²) in [5, 5.41) is 0. The molecule has 1 atom stereocenters. The molecule has 2 N–H and O–H groups in total. The van der Waals surface area contributed by atoms with Gasteiger partial charge in [-0.3, -0.25) is 9.69 Å². The Labute approximate surface area is 102 Å². The van der Waals surface area contributed by atoms with E-state index in [0.717, 1.165) is 13.1 Å². The predicted molar refractivity (Wildman–Crippen MR) is 67.8 cm³/mol.